The molecule has 24 heavy (non-hydrogen) atoms. The average Bonchev–Trinajstić information content (AvgIpc) is 2.94. The van der Waals surface area contributed by atoms with Crippen molar-refractivity contribution in [3.63, 3.8) is 0 Å². The maximum atomic E-state index is 10.9. The number of benzene rings is 1. The van der Waals surface area contributed by atoms with Gasteiger partial charge in [-0.25, -0.2) is 4.98 Å². The molecule has 2 aromatic rings. The zero-order valence-electron chi connectivity index (χ0n) is 12.8. The van der Waals surface area contributed by atoms with Gasteiger partial charge < -0.3 is 20.9 Å². The van der Waals surface area contributed by atoms with Gasteiger partial charge in [0, 0.05) is 17.0 Å². The Hall–Kier alpha value is -2.52. The molecule has 1 amide bonds. The first kappa shape index (κ1) is 17.8. The van der Waals surface area contributed by atoms with E-state index in [0.29, 0.717) is 39.6 Å². The van der Waals surface area contributed by atoms with Crippen LogP contribution in [0.1, 0.15) is 12.5 Å². The van der Waals surface area contributed by atoms with E-state index in [1.54, 1.807) is 11.4 Å². The van der Waals surface area contributed by atoms with Crippen molar-refractivity contribution in [1.82, 2.24) is 4.98 Å². The van der Waals surface area contributed by atoms with Crippen LogP contribution in [0.2, 0.25) is 5.02 Å². The Labute approximate surface area is 147 Å². The molecule has 0 spiro atoms. The highest BCUT2D eigenvalue weighted by Crippen LogP contribution is 2.33. The number of rotatable bonds is 8. The maximum absolute atomic E-state index is 10.9. The van der Waals surface area contributed by atoms with Gasteiger partial charge in [-0.05, 0) is 13.0 Å². The number of nitrogens with two attached hydrogens (primary N) is 2. The van der Waals surface area contributed by atoms with E-state index in [1.807, 2.05) is 6.92 Å². The summed E-state index contributed by atoms with van der Waals surface area (Å²) >= 11 is 7.53. The van der Waals surface area contributed by atoms with Crippen LogP contribution in [0.15, 0.2) is 22.6 Å². The lowest BCUT2D eigenvalue weighted by atomic mass is 10.2. The number of primary amides is 1. The summed E-state index contributed by atoms with van der Waals surface area (Å²) in [4.78, 5) is 14.9. The lowest BCUT2D eigenvalue weighted by Gasteiger charge is -2.12. The molecule has 10 heteroatoms. The fourth-order valence-electron chi connectivity index (χ4n) is 1.67. The molecule has 0 radical (unpaired) electrons. The summed E-state index contributed by atoms with van der Waals surface area (Å²) in [7, 11) is 0. The second-order valence-electron chi connectivity index (χ2n) is 4.46. The second-order valence-corrected chi connectivity index (χ2v) is 5.72. The number of hydrogen-bond donors (Lipinski definition) is 3. The van der Waals surface area contributed by atoms with Crippen LogP contribution >= 0.6 is 22.9 Å². The summed E-state index contributed by atoms with van der Waals surface area (Å²) in [5.41, 5.74) is 14.0. The molecular weight excluding hydrogens is 354 g/mol. The second kappa shape index (κ2) is 8.37. The molecule has 128 valence electrons. The van der Waals surface area contributed by atoms with Crippen molar-refractivity contribution in [1.29, 1.82) is 0 Å². The summed E-state index contributed by atoms with van der Waals surface area (Å²) in [5.74, 6) is 0.595. The minimum Gasteiger partial charge on any atom is -0.490 e. The van der Waals surface area contributed by atoms with Gasteiger partial charge in [-0.1, -0.05) is 11.6 Å². The largest absolute Gasteiger partial charge is 0.490 e. The highest BCUT2D eigenvalue weighted by atomic mass is 35.5. The first-order valence-corrected chi connectivity index (χ1v) is 8.13. The number of carbonyl (C=O) groups excluding carboxylic acids is 1. The maximum Gasteiger partial charge on any atom is 0.255 e. The molecule has 1 aromatic heterocycles. The minimum atomic E-state index is -0.592. The van der Waals surface area contributed by atoms with Crippen molar-refractivity contribution < 1.29 is 14.3 Å². The molecule has 0 saturated carbocycles. The van der Waals surface area contributed by atoms with E-state index in [0.717, 1.165) is 0 Å². The van der Waals surface area contributed by atoms with Gasteiger partial charge >= 0.3 is 0 Å². The SMILES string of the molecule is CCOc1cc(C=NNc2nc(N)cs2)c(Cl)cc1OCC(N)=O. The predicted octanol–water partition coefficient (Wildman–Crippen LogP) is 2.09. The van der Waals surface area contributed by atoms with Crippen LogP contribution in [0.5, 0.6) is 11.5 Å². The van der Waals surface area contributed by atoms with Crippen LogP contribution in [0.4, 0.5) is 10.9 Å². The van der Waals surface area contributed by atoms with Crippen molar-refractivity contribution in [2.45, 2.75) is 6.92 Å². The number of halogens is 1. The molecule has 0 aliphatic carbocycles. The van der Waals surface area contributed by atoms with Gasteiger partial charge in [0.1, 0.15) is 5.82 Å². The summed E-state index contributed by atoms with van der Waals surface area (Å²) < 4.78 is 10.8. The lowest BCUT2D eigenvalue weighted by Crippen LogP contribution is -2.20. The zero-order valence-corrected chi connectivity index (χ0v) is 14.4. The normalized spacial score (nSPS) is 10.8. The fourth-order valence-corrected chi connectivity index (χ4v) is 2.43. The van der Waals surface area contributed by atoms with Crippen LogP contribution in [0.25, 0.3) is 0 Å². The Morgan fingerprint density at radius 3 is 2.83 bits per heavy atom. The number of carbonyl (C=O) groups is 1. The smallest absolute Gasteiger partial charge is 0.255 e. The number of nitrogens with one attached hydrogen (secondary N) is 1. The summed E-state index contributed by atoms with van der Waals surface area (Å²) in [6, 6.07) is 3.20. The Balaban J connectivity index is 2.16. The number of anilines is 2. The number of aromatic nitrogens is 1. The molecule has 0 unspecified atom stereocenters. The van der Waals surface area contributed by atoms with Crippen molar-refractivity contribution in [3.05, 3.63) is 28.1 Å². The third-order valence-electron chi connectivity index (χ3n) is 2.62. The van der Waals surface area contributed by atoms with Crippen LogP contribution in [0, 0.1) is 0 Å². The van der Waals surface area contributed by atoms with E-state index in [-0.39, 0.29) is 6.61 Å². The van der Waals surface area contributed by atoms with E-state index in [1.165, 1.54) is 23.6 Å². The zero-order chi connectivity index (χ0) is 17.5. The Morgan fingerprint density at radius 1 is 1.46 bits per heavy atom. The third-order valence-corrected chi connectivity index (χ3v) is 3.71. The number of hydrazone groups is 1. The Morgan fingerprint density at radius 2 is 2.21 bits per heavy atom. The molecule has 1 aromatic carbocycles. The van der Waals surface area contributed by atoms with Crippen molar-refractivity contribution in [2.75, 3.05) is 24.4 Å². The molecule has 0 aliphatic rings. The standard InChI is InChI=1S/C14H16ClN5O3S/c1-2-22-10-3-8(5-18-20-14-19-12(16)7-24-14)9(15)4-11(10)23-6-13(17)21/h3-5,7H,2,6,16H2,1H3,(H2,17,21)(H,19,20). The van der Waals surface area contributed by atoms with Gasteiger partial charge in [0.05, 0.1) is 17.8 Å². The third kappa shape index (κ3) is 5.00. The van der Waals surface area contributed by atoms with Crippen molar-refractivity contribution >= 4 is 46.0 Å². The summed E-state index contributed by atoms with van der Waals surface area (Å²) in [6.07, 6.45) is 1.51. The van der Waals surface area contributed by atoms with Gasteiger partial charge in [0.15, 0.2) is 18.1 Å². The number of ether oxygens (including phenoxy) is 2. The number of amides is 1. The summed E-state index contributed by atoms with van der Waals surface area (Å²) in [5, 5.41) is 6.69. The lowest BCUT2D eigenvalue weighted by molar-refractivity contribution is -0.119. The monoisotopic (exact) mass is 369 g/mol. The average molecular weight is 370 g/mol. The van der Waals surface area contributed by atoms with E-state index in [9.17, 15) is 4.79 Å². The van der Waals surface area contributed by atoms with Gasteiger partial charge in [-0.3, -0.25) is 10.2 Å². The molecule has 0 bridgehead atoms. The van der Waals surface area contributed by atoms with Crippen molar-refractivity contribution in [3.8, 4) is 11.5 Å². The Kier molecular flexibility index (Phi) is 6.21. The molecule has 5 N–H and O–H groups in total. The van der Waals surface area contributed by atoms with Gasteiger partial charge in [0.2, 0.25) is 5.13 Å². The highest BCUT2D eigenvalue weighted by molar-refractivity contribution is 7.14. The summed E-state index contributed by atoms with van der Waals surface area (Å²) in [6.45, 7) is 1.98. The first-order valence-electron chi connectivity index (χ1n) is 6.87. The number of thiazole rings is 1. The molecule has 8 nitrogen and oxygen atoms in total. The number of hydrogen-bond acceptors (Lipinski definition) is 8. The molecular formula is C14H16ClN5O3S. The molecule has 0 fully saturated rings. The van der Waals surface area contributed by atoms with Crippen LogP contribution < -0.4 is 26.4 Å². The van der Waals surface area contributed by atoms with Gasteiger partial charge in [-0.2, -0.15) is 5.10 Å². The minimum absolute atomic E-state index is 0.267. The topological polar surface area (TPSA) is 125 Å². The Bertz CT molecular complexity index is 750. The molecule has 0 saturated heterocycles. The molecule has 2 rings (SSSR count). The van der Waals surface area contributed by atoms with Crippen LogP contribution in [0.3, 0.4) is 0 Å². The predicted molar refractivity (Wildman–Crippen MR) is 95.1 cm³/mol. The van der Waals surface area contributed by atoms with E-state index >= 15 is 0 Å². The van der Waals surface area contributed by atoms with E-state index in [4.69, 9.17) is 32.5 Å². The van der Waals surface area contributed by atoms with E-state index < -0.39 is 5.91 Å². The number of nitrogen functional groups attached to an aromatic ring is 1. The van der Waals surface area contributed by atoms with Gasteiger partial charge in [-0.15, -0.1) is 11.3 Å². The number of nitrogens with zero attached hydrogens (tertiary/aromatic N) is 2. The van der Waals surface area contributed by atoms with Gasteiger partial charge in [0.25, 0.3) is 5.91 Å². The van der Waals surface area contributed by atoms with E-state index in [2.05, 4.69) is 15.5 Å². The quantitative estimate of drug-likeness (QED) is 0.483. The molecule has 0 atom stereocenters. The molecule has 0 aliphatic heterocycles. The van der Waals surface area contributed by atoms with Crippen LogP contribution in [-0.4, -0.2) is 30.3 Å². The highest BCUT2D eigenvalue weighted by Gasteiger charge is 2.11. The molecule has 1 heterocycles. The van der Waals surface area contributed by atoms with Crippen LogP contribution in [-0.2, 0) is 4.79 Å². The van der Waals surface area contributed by atoms with Crippen molar-refractivity contribution in [2.24, 2.45) is 10.8 Å². The fraction of sp³-hybridized carbons (Fsp3) is 0.214. The first-order chi connectivity index (χ1) is 11.5.